The number of carbonyl (C=O) groups excluding carboxylic acids is 2. The summed E-state index contributed by atoms with van der Waals surface area (Å²) in [6.45, 7) is 6.54. The molecular weight excluding hydrogens is 326 g/mol. The Morgan fingerprint density at radius 3 is 2.71 bits per heavy atom. The lowest BCUT2D eigenvalue weighted by molar-refractivity contribution is -0.122. The zero-order valence-corrected chi connectivity index (χ0v) is 15.0. The Morgan fingerprint density at radius 1 is 1.38 bits per heavy atom. The van der Waals surface area contributed by atoms with E-state index in [-0.39, 0.29) is 24.3 Å². The number of nitrogens with zero attached hydrogens (tertiary/aromatic N) is 1. The van der Waals surface area contributed by atoms with Crippen LogP contribution in [0.2, 0.25) is 0 Å². The van der Waals surface area contributed by atoms with E-state index in [0.717, 1.165) is 12.2 Å². The molecule has 1 aliphatic rings. The van der Waals surface area contributed by atoms with E-state index in [1.54, 1.807) is 24.3 Å². The average Bonchev–Trinajstić information content (AvgIpc) is 2.88. The number of nitrogens with one attached hydrogen (secondary N) is 2. The van der Waals surface area contributed by atoms with E-state index >= 15 is 0 Å². The fourth-order valence-electron chi connectivity index (χ4n) is 2.07. The lowest BCUT2D eigenvalue weighted by Gasteiger charge is -2.08. The van der Waals surface area contributed by atoms with E-state index in [1.807, 2.05) is 20.8 Å². The lowest BCUT2D eigenvalue weighted by Crippen LogP contribution is -2.28. The van der Waals surface area contributed by atoms with E-state index in [1.165, 1.54) is 11.8 Å². The topological polar surface area (TPSA) is 79.8 Å². The monoisotopic (exact) mass is 349 g/mol. The molecule has 0 saturated carbocycles. The van der Waals surface area contributed by atoms with E-state index < -0.39 is 5.25 Å². The van der Waals surface area contributed by atoms with Gasteiger partial charge in [0.15, 0.2) is 5.17 Å². The number of amidine groups is 1. The molecule has 0 unspecified atom stereocenters. The van der Waals surface area contributed by atoms with Crippen molar-refractivity contribution in [2.75, 3.05) is 11.9 Å². The van der Waals surface area contributed by atoms with Crippen LogP contribution in [0.1, 0.15) is 33.6 Å². The van der Waals surface area contributed by atoms with Gasteiger partial charge in [0.1, 0.15) is 11.0 Å². The Bertz CT molecular complexity index is 616. The molecule has 2 amide bonds. The second-order valence-electron chi connectivity index (χ2n) is 5.50. The van der Waals surface area contributed by atoms with E-state index in [0.29, 0.717) is 17.5 Å². The molecule has 1 heterocycles. The number of amides is 2. The molecule has 130 valence electrons. The summed E-state index contributed by atoms with van der Waals surface area (Å²) < 4.78 is 5.36. The number of benzene rings is 1. The largest absolute Gasteiger partial charge is 0.494 e. The molecule has 1 aromatic rings. The molecule has 0 aromatic heterocycles. The number of ether oxygens (including phenoxy) is 1. The third-order valence-corrected chi connectivity index (χ3v) is 4.62. The maximum atomic E-state index is 12.1. The van der Waals surface area contributed by atoms with Crippen LogP contribution in [0, 0.1) is 0 Å². The van der Waals surface area contributed by atoms with Gasteiger partial charge >= 0.3 is 0 Å². The summed E-state index contributed by atoms with van der Waals surface area (Å²) >= 11 is 1.32. The normalized spacial score (nSPS) is 19.9. The molecule has 2 rings (SSSR count). The summed E-state index contributed by atoms with van der Waals surface area (Å²) in [6.07, 6.45) is 1.02. The van der Waals surface area contributed by atoms with Crippen LogP contribution in [-0.2, 0) is 9.59 Å². The first-order valence-electron chi connectivity index (χ1n) is 8.09. The molecule has 1 aliphatic heterocycles. The number of hydrogen-bond acceptors (Lipinski definition) is 5. The predicted molar refractivity (Wildman–Crippen MR) is 97.6 cm³/mol. The number of aliphatic imine (C=N–C) groups is 1. The summed E-state index contributed by atoms with van der Waals surface area (Å²) in [6, 6.07) is 7.31. The van der Waals surface area contributed by atoms with Crippen LogP contribution in [-0.4, -0.2) is 34.9 Å². The summed E-state index contributed by atoms with van der Waals surface area (Å²) in [4.78, 5) is 28.5. The third kappa shape index (κ3) is 5.26. The van der Waals surface area contributed by atoms with Gasteiger partial charge in [-0.3, -0.25) is 14.6 Å². The molecule has 0 spiro atoms. The van der Waals surface area contributed by atoms with Gasteiger partial charge in [0.2, 0.25) is 11.8 Å². The van der Waals surface area contributed by atoms with E-state index in [4.69, 9.17) is 4.74 Å². The highest BCUT2D eigenvalue weighted by atomic mass is 32.2. The first kappa shape index (κ1) is 18.3. The van der Waals surface area contributed by atoms with Gasteiger partial charge in [-0.15, -0.1) is 0 Å². The van der Waals surface area contributed by atoms with Crippen LogP contribution < -0.4 is 15.4 Å². The standard InChI is InChI=1S/C17H23N3O3S/c1-4-11(3)18-17-20-16(22)14(24-17)10-15(21)19-12-6-8-13(9-7-12)23-5-2/h6-9,11,14H,4-5,10H2,1-3H3,(H,19,21)(H,18,20,22)/t11-,14-/m0/s1. The fraction of sp³-hybridized carbons (Fsp3) is 0.471. The van der Waals surface area contributed by atoms with Crippen molar-refractivity contribution in [3.05, 3.63) is 24.3 Å². The Labute approximate surface area is 146 Å². The Kier molecular flexibility index (Phi) is 6.66. The molecule has 1 aromatic carbocycles. The van der Waals surface area contributed by atoms with Crippen LogP contribution in [0.15, 0.2) is 29.3 Å². The molecule has 1 saturated heterocycles. The summed E-state index contributed by atoms with van der Waals surface area (Å²) in [7, 11) is 0. The van der Waals surface area contributed by atoms with Crippen LogP contribution >= 0.6 is 11.8 Å². The minimum atomic E-state index is -0.435. The number of carbonyl (C=O) groups is 2. The minimum absolute atomic E-state index is 0.114. The molecule has 7 heteroatoms. The lowest BCUT2D eigenvalue weighted by atomic mass is 10.2. The van der Waals surface area contributed by atoms with Crippen molar-refractivity contribution in [1.82, 2.24) is 5.32 Å². The van der Waals surface area contributed by atoms with Crippen LogP contribution in [0.5, 0.6) is 5.75 Å². The van der Waals surface area contributed by atoms with Crippen molar-refractivity contribution in [2.24, 2.45) is 4.99 Å². The van der Waals surface area contributed by atoms with Gasteiger partial charge in [0.25, 0.3) is 0 Å². The van der Waals surface area contributed by atoms with Gasteiger partial charge in [-0.2, -0.15) is 0 Å². The van der Waals surface area contributed by atoms with Gasteiger partial charge < -0.3 is 15.4 Å². The maximum absolute atomic E-state index is 12.1. The molecule has 2 N–H and O–H groups in total. The molecule has 0 radical (unpaired) electrons. The number of anilines is 1. The Balaban J connectivity index is 1.88. The smallest absolute Gasteiger partial charge is 0.240 e. The Morgan fingerprint density at radius 2 is 2.08 bits per heavy atom. The number of rotatable bonds is 7. The third-order valence-electron chi connectivity index (χ3n) is 3.52. The van der Waals surface area contributed by atoms with Crippen molar-refractivity contribution < 1.29 is 14.3 Å². The molecule has 6 nitrogen and oxygen atoms in total. The highest BCUT2D eigenvalue weighted by molar-refractivity contribution is 8.15. The van der Waals surface area contributed by atoms with E-state index in [9.17, 15) is 9.59 Å². The van der Waals surface area contributed by atoms with Crippen LogP contribution in [0.3, 0.4) is 0 Å². The summed E-state index contributed by atoms with van der Waals surface area (Å²) in [5.41, 5.74) is 0.681. The van der Waals surface area contributed by atoms with Crippen molar-refractivity contribution in [2.45, 2.75) is 44.9 Å². The fourth-order valence-corrected chi connectivity index (χ4v) is 3.14. The van der Waals surface area contributed by atoms with Crippen LogP contribution in [0.4, 0.5) is 5.69 Å². The molecule has 2 atom stereocenters. The van der Waals surface area contributed by atoms with Crippen molar-refractivity contribution in [3.8, 4) is 5.75 Å². The first-order valence-corrected chi connectivity index (χ1v) is 8.97. The van der Waals surface area contributed by atoms with Gasteiger partial charge in [-0.05, 0) is 44.5 Å². The molecule has 0 bridgehead atoms. The van der Waals surface area contributed by atoms with Gasteiger partial charge in [-0.1, -0.05) is 18.7 Å². The summed E-state index contributed by atoms with van der Waals surface area (Å²) in [5.74, 6) is 0.396. The van der Waals surface area contributed by atoms with Crippen molar-refractivity contribution in [3.63, 3.8) is 0 Å². The number of hydrogen-bond donors (Lipinski definition) is 2. The maximum Gasteiger partial charge on any atom is 0.240 e. The summed E-state index contributed by atoms with van der Waals surface area (Å²) in [5, 5.41) is 5.71. The molecule has 0 aliphatic carbocycles. The highest BCUT2D eigenvalue weighted by Gasteiger charge is 2.32. The SMILES string of the molecule is CCOc1ccc(NC(=O)C[C@@H]2SC(=N[C@@H](C)CC)NC2=O)cc1. The molecule has 24 heavy (non-hydrogen) atoms. The molecule has 1 fully saturated rings. The van der Waals surface area contributed by atoms with Gasteiger partial charge in [-0.25, -0.2) is 0 Å². The minimum Gasteiger partial charge on any atom is -0.494 e. The first-order chi connectivity index (χ1) is 11.5. The van der Waals surface area contributed by atoms with E-state index in [2.05, 4.69) is 15.6 Å². The molecular formula is C17H23N3O3S. The van der Waals surface area contributed by atoms with Gasteiger partial charge in [0, 0.05) is 18.2 Å². The Hall–Kier alpha value is -2.02. The highest BCUT2D eigenvalue weighted by Crippen LogP contribution is 2.24. The van der Waals surface area contributed by atoms with Gasteiger partial charge in [0.05, 0.1) is 6.61 Å². The average molecular weight is 349 g/mol. The van der Waals surface area contributed by atoms with Crippen molar-refractivity contribution in [1.29, 1.82) is 0 Å². The second kappa shape index (κ2) is 8.73. The number of thioether (sulfide) groups is 1. The second-order valence-corrected chi connectivity index (χ2v) is 6.69. The zero-order chi connectivity index (χ0) is 17.5. The van der Waals surface area contributed by atoms with Crippen molar-refractivity contribution >= 4 is 34.4 Å². The zero-order valence-electron chi connectivity index (χ0n) is 14.2. The predicted octanol–water partition coefficient (Wildman–Crippen LogP) is 2.80. The van der Waals surface area contributed by atoms with Crippen LogP contribution in [0.25, 0.3) is 0 Å². The quantitative estimate of drug-likeness (QED) is 0.793.